The summed E-state index contributed by atoms with van der Waals surface area (Å²) >= 11 is 1.18. The number of hydrogen-bond donors (Lipinski definition) is 1. The number of nitrogens with zero attached hydrogens (tertiary/aromatic N) is 3. The lowest BCUT2D eigenvalue weighted by Crippen LogP contribution is -1.99. The number of benzene rings is 1. The van der Waals surface area contributed by atoms with Crippen LogP contribution in [0.4, 0.5) is 4.39 Å². The van der Waals surface area contributed by atoms with Gasteiger partial charge in [0.2, 0.25) is 5.78 Å². The molecule has 0 aliphatic rings. The minimum Gasteiger partial charge on any atom is -0.358 e. The number of carbonyl (C=O) groups excluding carboxylic acids is 1. The maximum absolute atomic E-state index is 13.7. The first-order chi connectivity index (χ1) is 11.1. The SMILES string of the molecule is Cc1noc(-c2csc(C(=O)c3c[nH]c4c(F)cccc34)n2)n1. The largest absolute Gasteiger partial charge is 0.358 e. The zero-order chi connectivity index (χ0) is 16.0. The molecule has 0 saturated heterocycles. The van der Waals surface area contributed by atoms with E-state index >= 15 is 0 Å². The summed E-state index contributed by atoms with van der Waals surface area (Å²) in [5, 5.41) is 6.18. The summed E-state index contributed by atoms with van der Waals surface area (Å²) in [5.41, 5.74) is 1.13. The van der Waals surface area contributed by atoms with E-state index in [0.29, 0.717) is 28.0 Å². The fourth-order valence-corrected chi connectivity index (χ4v) is 3.04. The molecule has 0 saturated carbocycles. The van der Waals surface area contributed by atoms with Gasteiger partial charge >= 0.3 is 0 Å². The Morgan fingerprint density at radius 1 is 1.35 bits per heavy atom. The Morgan fingerprint density at radius 2 is 2.22 bits per heavy atom. The van der Waals surface area contributed by atoms with Gasteiger partial charge in [-0.2, -0.15) is 4.98 Å². The highest BCUT2D eigenvalue weighted by Crippen LogP contribution is 2.26. The first-order valence-electron chi connectivity index (χ1n) is 6.70. The van der Waals surface area contributed by atoms with Crippen molar-refractivity contribution in [3.63, 3.8) is 0 Å². The lowest BCUT2D eigenvalue weighted by Gasteiger charge is -1.95. The highest BCUT2D eigenvalue weighted by Gasteiger charge is 2.20. The van der Waals surface area contributed by atoms with Crippen molar-refractivity contribution < 1.29 is 13.7 Å². The van der Waals surface area contributed by atoms with Crippen LogP contribution in [-0.2, 0) is 0 Å². The molecule has 0 radical (unpaired) electrons. The highest BCUT2D eigenvalue weighted by molar-refractivity contribution is 7.12. The third-order valence-corrected chi connectivity index (χ3v) is 4.20. The summed E-state index contributed by atoms with van der Waals surface area (Å²) in [6.07, 6.45) is 1.49. The van der Waals surface area contributed by atoms with Gasteiger partial charge in [0.15, 0.2) is 10.8 Å². The number of H-pyrrole nitrogens is 1. The average molecular weight is 328 g/mol. The molecular formula is C15H9FN4O2S. The quantitative estimate of drug-likeness (QED) is 0.583. The number of aromatic amines is 1. The Morgan fingerprint density at radius 3 is 3.00 bits per heavy atom. The molecule has 23 heavy (non-hydrogen) atoms. The Hall–Kier alpha value is -2.87. The molecule has 1 aromatic carbocycles. The van der Waals surface area contributed by atoms with Crippen LogP contribution in [0.3, 0.4) is 0 Å². The number of nitrogens with one attached hydrogen (secondary N) is 1. The Kier molecular flexibility index (Phi) is 3.05. The van der Waals surface area contributed by atoms with Gasteiger partial charge < -0.3 is 9.51 Å². The molecule has 3 heterocycles. The van der Waals surface area contributed by atoms with Gasteiger partial charge in [0.25, 0.3) is 5.89 Å². The molecule has 0 bridgehead atoms. The van der Waals surface area contributed by atoms with Gasteiger partial charge in [-0.1, -0.05) is 17.3 Å². The van der Waals surface area contributed by atoms with E-state index in [2.05, 4.69) is 20.1 Å². The summed E-state index contributed by atoms with van der Waals surface area (Å²) in [6, 6.07) is 4.60. The van der Waals surface area contributed by atoms with Crippen LogP contribution in [0.15, 0.2) is 34.3 Å². The lowest BCUT2D eigenvalue weighted by atomic mass is 10.1. The standard InChI is InChI=1S/C15H9FN4O2S/c1-7-18-14(22-20-7)11-6-23-15(19-11)13(21)9-5-17-12-8(9)3-2-4-10(12)16/h2-6,17H,1H3. The van der Waals surface area contributed by atoms with Gasteiger partial charge in [0, 0.05) is 17.0 Å². The normalized spacial score (nSPS) is 11.2. The van der Waals surface area contributed by atoms with Crippen molar-refractivity contribution in [1.82, 2.24) is 20.1 Å². The predicted molar refractivity (Wildman–Crippen MR) is 81.8 cm³/mol. The molecule has 4 rings (SSSR count). The molecule has 1 N–H and O–H groups in total. The number of halogens is 1. The number of para-hydroxylation sites is 1. The predicted octanol–water partition coefficient (Wildman–Crippen LogP) is 3.35. The topological polar surface area (TPSA) is 84.7 Å². The van der Waals surface area contributed by atoms with Gasteiger partial charge in [-0.15, -0.1) is 11.3 Å². The summed E-state index contributed by atoms with van der Waals surface area (Å²) < 4.78 is 18.7. The van der Waals surface area contributed by atoms with Crippen molar-refractivity contribution >= 4 is 28.0 Å². The number of carbonyl (C=O) groups is 1. The van der Waals surface area contributed by atoms with E-state index < -0.39 is 5.82 Å². The average Bonchev–Trinajstić information content (AvgIpc) is 3.25. The summed E-state index contributed by atoms with van der Waals surface area (Å²) in [6.45, 7) is 1.70. The fraction of sp³-hybridized carbons (Fsp3) is 0.0667. The minimum absolute atomic E-state index is 0.266. The first kappa shape index (κ1) is 13.8. The number of ketones is 1. The van der Waals surface area contributed by atoms with Crippen LogP contribution in [0.5, 0.6) is 0 Å². The molecular weight excluding hydrogens is 319 g/mol. The van der Waals surface area contributed by atoms with Crippen LogP contribution in [0.2, 0.25) is 0 Å². The molecule has 0 unspecified atom stereocenters. The van der Waals surface area contributed by atoms with Crippen LogP contribution < -0.4 is 0 Å². The minimum atomic E-state index is -0.400. The number of fused-ring (bicyclic) bond motifs is 1. The van der Waals surface area contributed by atoms with E-state index in [1.807, 2.05) is 0 Å². The van der Waals surface area contributed by atoms with Crippen molar-refractivity contribution in [3.8, 4) is 11.6 Å². The van der Waals surface area contributed by atoms with Crippen molar-refractivity contribution in [1.29, 1.82) is 0 Å². The molecule has 0 atom stereocenters. The van der Waals surface area contributed by atoms with E-state index in [9.17, 15) is 9.18 Å². The van der Waals surface area contributed by atoms with Crippen molar-refractivity contribution in [2.24, 2.45) is 0 Å². The Labute approximate surface area is 133 Å². The molecule has 3 aromatic heterocycles. The first-order valence-corrected chi connectivity index (χ1v) is 7.58. The molecule has 114 valence electrons. The zero-order valence-electron chi connectivity index (χ0n) is 11.8. The molecule has 6 nitrogen and oxygen atoms in total. The third-order valence-electron chi connectivity index (χ3n) is 3.35. The Bertz CT molecular complexity index is 1030. The molecule has 0 amide bonds. The van der Waals surface area contributed by atoms with Crippen LogP contribution in [0, 0.1) is 12.7 Å². The van der Waals surface area contributed by atoms with Gasteiger partial charge in [-0.25, -0.2) is 9.37 Å². The second-order valence-electron chi connectivity index (χ2n) is 4.88. The van der Waals surface area contributed by atoms with Gasteiger partial charge in [-0.3, -0.25) is 4.79 Å². The maximum atomic E-state index is 13.7. The van der Waals surface area contributed by atoms with E-state index in [0.717, 1.165) is 0 Å². The smallest absolute Gasteiger partial charge is 0.277 e. The summed E-state index contributed by atoms with van der Waals surface area (Å²) in [7, 11) is 0. The van der Waals surface area contributed by atoms with Crippen LogP contribution in [-0.4, -0.2) is 25.9 Å². The molecule has 0 spiro atoms. The number of rotatable bonds is 3. The number of hydrogen-bond acceptors (Lipinski definition) is 6. The van der Waals surface area contributed by atoms with E-state index in [-0.39, 0.29) is 16.7 Å². The second-order valence-corrected chi connectivity index (χ2v) is 5.74. The van der Waals surface area contributed by atoms with Gasteiger partial charge in [0.05, 0.1) is 11.1 Å². The van der Waals surface area contributed by atoms with Crippen LogP contribution in [0.1, 0.15) is 21.2 Å². The van der Waals surface area contributed by atoms with E-state index in [4.69, 9.17) is 4.52 Å². The van der Waals surface area contributed by atoms with Gasteiger partial charge in [-0.05, 0) is 13.0 Å². The molecule has 8 heteroatoms. The van der Waals surface area contributed by atoms with Crippen molar-refractivity contribution in [3.05, 3.63) is 52.0 Å². The highest BCUT2D eigenvalue weighted by atomic mass is 32.1. The maximum Gasteiger partial charge on any atom is 0.277 e. The lowest BCUT2D eigenvalue weighted by molar-refractivity contribution is 0.104. The van der Waals surface area contributed by atoms with E-state index in [1.54, 1.807) is 24.4 Å². The van der Waals surface area contributed by atoms with Gasteiger partial charge in [0.1, 0.15) is 11.5 Å². The molecule has 4 aromatic rings. The van der Waals surface area contributed by atoms with Crippen molar-refractivity contribution in [2.75, 3.05) is 0 Å². The van der Waals surface area contributed by atoms with E-state index in [1.165, 1.54) is 23.6 Å². The summed E-state index contributed by atoms with van der Waals surface area (Å²) in [4.78, 5) is 23.7. The van der Waals surface area contributed by atoms with Crippen molar-refractivity contribution in [2.45, 2.75) is 6.92 Å². The molecule has 0 aliphatic heterocycles. The number of aryl methyl sites for hydroxylation is 1. The third kappa shape index (κ3) is 2.23. The van der Waals surface area contributed by atoms with Crippen LogP contribution >= 0.6 is 11.3 Å². The Balaban J connectivity index is 1.74. The molecule has 0 fully saturated rings. The fourth-order valence-electron chi connectivity index (χ4n) is 2.30. The molecule has 0 aliphatic carbocycles. The monoisotopic (exact) mass is 328 g/mol. The number of thiazole rings is 1. The summed E-state index contributed by atoms with van der Waals surface area (Å²) in [5.74, 6) is 0.0767. The zero-order valence-corrected chi connectivity index (χ0v) is 12.6. The number of aromatic nitrogens is 4. The second kappa shape index (κ2) is 5.10. The van der Waals surface area contributed by atoms with Crippen LogP contribution in [0.25, 0.3) is 22.5 Å².